The molecule has 0 atom stereocenters. The normalized spacial score (nSPS) is 15.7. The van der Waals surface area contributed by atoms with Crippen LogP contribution in [-0.2, 0) is 11.3 Å². The van der Waals surface area contributed by atoms with Gasteiger partial charge in [0.1, 0.15) is 21.5 Å². The van der Waals surface area contributed by atoms with Gasteiger partial charge in [0.15, 0.2) is 0 Å². The predicted octanol–water partition coefficient (Wildman–Crippen LogP) is 3.43. The lowest BCUT2D eigenvalue weighted by Crippen LogP contribution is -2.27. The Morgan fingerprint density at radius 1 is 1.31 bits per heavy atom. The number of anilines is 1. The Balaban J connectivity index is 1.83. The number of carbonyl (C=O) groups excluding carboxylic acids is 1. The zero-order valence-corrected chi connectivity index (χ0v) is 17.5. The van der Waals surface area contributed by atoms with Gasteiger partial charge in [-0.1, -0.05) is 30.0 Å². The molecule has 148 valence electrons. The first-order chi connectivity index (χ1) is 14.0. The van der Waals surface area contributed by atoms with Gasteiger partial charge in [0.05, 0.1) is 23.3 Å². The summed E-state index contributed by atoms with van der Waals surface area (Å²) in [7, 11) is 0. The van der Waals surface area contributed by atoms with Crippen molar-refractivity contribution in [2.24, 2.45) is 0 Å². The predicted molar refractivity (Wildman–Crippen MR) is 118 cm³/mol. The summed E-state index contributed by atoms with van der Waals surface area (Å²) in [5.41, 5.74) is 1.49. The summed E-state index contributed by atoms with van der Waals surface area (Å²) in [4.78, 5) is 32.4. The van der Waals surface area contributed by atoms with Crippen LogP contribution >= 0.6 is 24.0 Å². The Morgan fingerprint density at radius 3 is 2.83 bits per heavy atom. The second-order valence-electron chi connectivity index (χ2n) is 6.47. The van der Waals surface area contributed by atoms with Crippen LogP contribution < -0.4 is 10.9 Å². The summed E-state index contributed by atoms with van der Waals surface area (Å²) in [6.07, 6.45) is 4.89. The van der Waals surface area contributed by atoms with Crippen LogP contribution in [0.5, 0.6) is 0 Å². The molecule has 0 radical (unpaired) electrons. The molecule has 4 heterocycles. The van der Waals surface area contributed by atoms with E-state index in [9.17, 15) is 9.59 Å². The Labute approximate surface area is 176 Å². The third-order valence-electron chi connectivity index (χ3n) is 4.48. The topological polar surface area (TPSA) is 79.8 Å². The lowest BCUT2D eigenvalue weighted by molar-refractivity contribution is -0.121. The number of fused-ring (bicyclic) bond motifs is 1. The molecule has 3 aromatic heterocycles. The van der Waals surface area contributed by atoms with Crippen molar-refractivity contribution < 1.29 is 9.21 Å². The average molecular weight is 427 g/mol. The molecular formula is C20H18N4O3S2. The van der Waals surface area contributed by atoms with E-state index in [2.05, 4.69) is 10.3 Å². The van der Waals surface area contributed by atoms with Gasteiger partial charge >= 0.3 is 0 Å². The number of hydrogen-bond donors (Lipinski definition) is 1. The molecule has 1 aliphatic heterocycles. The van der Waals surface area contributed by atoms with E-state index in [-0.39, 0.29) is 11.5 Å². The number of furan rings is 1. The highest BCUT2D eigenvalue weighted by atomic mass is 32.2. The second-order valence-corrected chi connectivity index (χ2v) is 8.15. The minimum absolute atomic E-state index is 0.201. The molecule has 1 aliphatic rings. The maximum Gasteiger partial charge on any atom is 0.267 e. The van der Waals surface area contributed by atoms with E-state index < -0.39 is 0 Å². The van der Waals surface area contributed by atoms with Crippen LogP contribution in [-0.4, -0.2) is 31.1 Å². The monoisotopic (exact) mass is 426 g/mol. The summed E-state index contributed by atoms with van der Waals surface area (Å²) in [6, 6.07) is 7.30. The van der Waals surface area contributed by atoms with Gasteiger partial charge in [-0.25, -0.2) is 4.98 Å². The first kappa shape index (κ1) is 19.4. The van der Waals surface area contributed by atoms with E-state index in [1.165, 1.54) is 21.1 Å². The van der Waals surface area contributed by atoms with Crippen molar-refractivity contribution in [3.8, 4) is 0 Å². The quantitative estimate of drug-likeness (QED) is 0.495. The Bertz CT molecular complexity index is 1200. The largest absolute Gasteiger partial charge is 0.467 e. The minimum Gasteiger partial charge on any atom is -0.467 e. The van der Waals surface area contributed by atoms with Crippen LogP contribution in [0.2, 0.25) is 0 Å². The lowest BCUT2D eigenvalue weighted by atomic mass is 10.2. The van der Waals surface area contributed by atoms with Gasteiger partial charge in [-0.3, -0.25) is 18.9 Å². The number of thiocarbonyl (C=S) groups is 1. The first-order valence-electron chi connectivity index (χ1n) is 9.02. The fourth-order valence-electron chi connectivity index (χ4n) is 3.01. The Kier molecular flexibility index (Phi) is 5.25. The smallest absolute Gasteiger partial charge is 0.267 e. The molecule has 1 saturated heterocycles. The summed E-state index contributed by atoms with van der Waals surface area (Å²) in [5, 5.41) is 3.16. The minimum atomic E-state index is -0.262. The number of rotatable bonds is 5. The van der Waals surface area contributed by atoms with Crippen molar-refractivity contribution >= 4 is 51.7 Å². The number of nitrogens with zero attached hydrogens (tertiary/aromatic N) is 3. The highest BCUT2D eigenvalue weighted by Gasteiger charge is 2.31. The maximum atomic E-state index is 13.2. The summed E-state index contributed by atoms with van der Waals surface area (Å²) < 4.78 is 7.32. The number of pyridine rings is 1. The molecule has 0 bridgehead atoms. The highest BCUT2D eigenvalue weighted by Crippen LogP contribution is 2.32. The second kappa shape index (κ2) is 7.84. The molecule has 29 heavy (non-hydrogen) atoms. The number of nitrogens with one attached hydrogen (secondary N) is 1. The van der Waals surface area contributed by atoms with Gasteiger partial charge in [0, 0.05) is 12.7 Å². The third kappa shape index (κ3) is 3.70. The fourth-order valence-corrected chi connectivity index (χ4v) is 4.38. The van der Waals surface area contributed by atoms with Gasteiger partial charge in [0.2, 0.25) is 0 Å². The molecule has 0 saturated carbocycles. The number of carbonyl (C=O) groups is 1. The molecule has 1 N–H and O–H groups in total. The van der Waals surface area contributed by atoms with Crippen LogP contribution in [0.25, 0.3) is 11.7 Å². The molecule has 9 heteroatoms. The lowest BCUT2D eigenvalue weighted by Gasteiger charge is -2.11. The van der Waals surface area contributed by atoms with E-state index in [0.29, 0.717) is 45.1 Å². The van der Waals surface area contributed by atoms with Gasteiger partial charge in [-0.05, 0) is 43.7 Å². The Morgan fingerprint density at radius 2 is 2.14 bits per heavy atom. The molecule has 3 aromatic rings. The van der Waals surface area contributed by atoms with Crippen molar-refractivity contribution in [1.82, 2.24) is 14.3 Å². The first-order valence-corrected chi connectivity index (χ1v) is 10.2. The number of likely N-dealkylation sites (N-methyl/N-ethyl adjacent to an activating group) is 1. The van der Waals surface area contributed by atoms with Crippen molar-refractivity contribution in [1.29, 1.82) is 0 Å². The van der Waals surface area contributed by atoms with Crippen molar-refractivity contribution in [2.75, 3.05) is 11.9 Å². The highest BCUT2D eigenvalue weighted by molar-refractivity contribution is 8.26. The molecule has 7 nitrogen and oxygen atoms in total. The number of amides is 1. The molecule has 0 spiro atoms. The van der Waals surface area contributed by atoms with Gasteiger partial charge < -0.3 is 9.73 Å². The zero-order valence-electron chi connectivity index (χ0n) is 15.8. The van der Waals surface area contributed by atoms with Crippen LogP contribution in [0.4, 0.5) is 5.82 Å². The maximum absolute atomic E-state index is 13.2. The zero-order chi connectivity index (χ0) is 20.5. The van der Waals surface area contributed by atoms with Crippen molar-refractivity contribution in [3.63, 3.8) is 0 Å². The van der Waals surface area contributed by atoms with E-state index in [1.807, 2.05) is 26.0 Å². The molecule has 0 unspecified atom stereocenters. The number of aryl methyl sites for hydroxylation is 1. The van der Waals surface area contributed by atoms with Crippen LogP contribution in [0.3, 0.4) is 0 Å². The van der Waals surface area contributed by atoms with Gasteiger partial charge in [-0.2, -0.15) is 0 Å². The van der Waals surface area contributed by atoms with Crippen molar-refractivity contribution in [2.45, 2.75) is 20.4 Å². The SMILES string of the molecule is CCN1C(=O)/C(=C/c2c(NCc3ccco3)nc3ccc(C)cn3c2=O)SC1=S. The van der Waals surface area contributed by atoms with Crippen molar-refractivity contribution in [3.05, 3.63) is 68.9 Å². The van der Waals surface area contributed by atoms with Crippen LogP contribution in [0.1, 0.15) is 23.8 Å². The summed E-state index contributed by atoms with van der Waals surface area (Å²) in [6.45, 7) is 4.61. The number of hydrogen-bond acceptors (Lipinski definition) is 7. The summed E-state index contributed by atoms with van der Waals surface area (Å²) >= 11 is 6.46. The number of thioether (sulfide) groups is 1. The molecule has 1 fully saturated rings. The standard InChI is InChI=1S/C20H18N4O3S2/c1-3-23-19(26)15(29-20(23)28)9-14-17(21-10-13-5-4-8-27-13)22-16-7-6-12(2)11-24(16)18(14)25/h4-9,11,21H,3,10H2,1-2H3/b15-9-. The number of aromatic nitrogens is 2. The molecule has 4 rings (SSSR count). The molecular weight excluding hydrogens is 408 g/mol. The fraction of sp³-hybridized carbons (Fsp3) is 0.200. The molecule has 0 aliphatic carbocycles. The van der Waals surface area contributed by atoms with E-state index >= 15 is 0 Å². The summed E-state index contributed by atoms with van der Waals surface area (Å²) in [5.74, 6) is 0.893. The van der Waals surface area contributed by atoms with Crippen LogP contribution in [0, 0.1) is 6.92 Å². The van der Waals surface area contributed by atoms with Gasteiger partial charge in [-0.15, -0.1) is 0 Å². The third-order valence-corrected chi connectivity index (χ3v) is 5.86. The van der Waals surface area contributed by atoms with E-state index in [0.717, 1.165) is 5.56 Å². The van der Waals surface area contributed by atoms with E-state index in [1.54, 1.807) is 30.7 Å². The van der Waals surface area contributed by atoms with Crippen LogP contribution in [0.15, 0.2) is 50.8 Å². The average Bonchev–Trinajstić information content (AvgIpc) is 3.31. The van der Waals surface area contributed by atoms with Gasteiger partial charge in [0.25, 0.3) is 11.5 Å². The Hall–Kier alpha value is -2.91. The molecule has 0 aromatic carbocycles. The van der Waals surface area contributed by atoms with E-state index in [4.69, 9.17) is 16.6 Å². The molecule has 1 amide bonds.